The summed E-state index contributed by atoms with van der Waals surface area (Å²) < 4.78 is 30.4. The highest BCUT2D eigenvalue weighted by atomic mass is 79.9. The number of methoxy groups -OCH3 is 1. The summed E-state index contributed by atoms with van der Waals surface area (Å²) in [4.78, 5) is 2.27. The molecule has 5 nitrogen and oxygen atoms in total. The third kappa shape index (κ3) is 5.21. The van der Waals surface area contributed by atoms with Crippen molar-refractivity contribution < 1.29 is 13.2 Å². The van der Waals surface area contributed by atoms with Gasteiger partial charge in [0.25, 0.3) is 0 Å². The van der Waals surface area contributed by atoms with Gasteiger partial charge in [0.05, 0.1) is 5.75 Å². The van der Waals surface area contributed by atoms with Crippen LogP contribution in [0.3, 0.4) is 0 Å². The zero-order chi connectivity index (χ0) is 12.7. The molecule has 0 unspecified atom stereocenters. The van der Waals surface area contributed by atoms with E-state index < -0.39 is 10.0 Å². The predicted molar refractivity (Wildman–Crippen MR) is 72.1 cm³/mol. The van der Waals surface area contributed by atoms with Gasteiger partial charge in [-0.2, -0.15) is 4.31 Å². The largest absolute Gasteiger partial charge is 0.385 e. The standard InChI is InChI=1S/C10H21BrN2O3S/c1-16-9-2-10-17(14,15)13-7-5-12(4-3-11)6-8-13/h2-10H2,1H3. The van der Waals surface area contributed by atoms with Crippen molar-refractivity contribution in [2.75, 3.05) is 57.5 Å². The minimum Gasteiger partial charge on any atom is -0.385 e. The summed E-state index contributed by atoms with van der Waals surface area (Å²) in [5, 5.41) is 0.938. The number of sulfonamides is 1. The maximum atomic E-state index is 12.0. The first-order valence-corrected chi connectivity index (χ1v) is 8.58. The van der Waals surface area contributed by atoms with Gasteiger partial charge in [0, 0.05) is 51.8 Å². The van der Waals surface area contributed by atoms with Crippen LogP contribution in [-0.4, -0.2) is 75.1 Å². The van der Waals surface area contributed by atoms with E-state index >= 15 is 0 Å². The fraction of sp³-hybridized carbons (Fsp3) is 1.00. The first kappa shape index (κ1) is 15.4. The van der Waals surface area contributed by atoms with Gasteiger partial charge in [-0.25, -0.2) is 8.42 Å². The van der Waals surface area contributed by atoms with E-state index in [9.17, 15) is 8.42 Å². The van der Waals surface area contributed by atoms with Crippen molar-refractivity contribution in [3.05, 3.63) is 0 Å². The first-order valence-electron chi connectivity index (χ1n) is 5.85. The molecule has 0 aromatic carbocycles. The lowest BCUT2D eigenvalue weighted by molar-refractivity contribution is 0.192. The van der Waals surface area contributed by atoms with Crippen LogP contribution in [0, 0.1) is 0 Å². The Morgan fingerprint density at radius 1 is 1.24 bits per heavy atom. The molecule has 1 aliphatic rings. The lowest BCUT2D eigenvalue weighted by Gasteiger charge is -2.33. The molecular formula is C10H21BrN2O3S. The molecule has 102 valence electrons. The van der Waals surface area contributed by atoms with Gasteiger partial charge in [0.1, 0.15) is 0 Å². The molecule has 0 amide bonds. The average Bonchev–Trinajstić information content (AvgIpc) is 2.30. The van der Waals surface area contributed by atoms with Crippen molar-refractivity contribution in [3.8, 4) is 0 Å². The zero-order valence-electron chi connectivity index (χ0n) is 10.3. The normalized spacial score (nSPS) is 19.6. The van der Waals surface area contributed by atoms with E-state index in [1.165, 1.54) is 0 Å². The van der Waals surface area contributed by atoms with E-state index in [0.29, 0.717) is 26.1 Å². The smallest absolute Gasteiger partial charge is 0.214 e. The fourth-order valence-corrected chi connectivity index (χ4v) is 3.83. The van der Waals surface area contributed by atoms with Crippen LogP contribution in [0.2, 0.25) is 0 Å². The second kappa shape index (κ2) is 7.68. The summed E-state index contributed by atoms with van der Waals surface area (Å²) in [7, 11) is -1.49. The first-order chi connectivity index (χ1) is 8.10. The van der Waals surface area contributed by atoms with Crippen molar-refractivity contribution in [3.63, 3.8) is 0 Å². The van der Waals surface area contributed by atoms with Crippen molar-refractivity contribution in [1.82, 2.24) is 9.21 Å². The van der Waals surface area contributed by atoms with Crippen LogP contribution in [0.15, 0.2) is 0 Å². The maximum Gasteiger partial charge on any atom is 0.214 e. The van der Waals surface area contributed by atoms with Crippen LogP contribution in [0.25, 0.3) is 0 Å². The molecule has 0 spiro atoms. The summed E-state index contributed by atoms with van der Waals surface area (Å²) in [5.41, 5.74) is 0. The molecule has 1 rings (SSSR count). The summed E-state index contributed by atoms with van der Waals surface area (Å²) in [5.74, 6) is 0.194. The minimum atomic E-state index is -3.08. The van der Waals surface area contributed by atoms with Crippen LogP contribution in [0.4, 0.5) is 0 Å². The quantitative estimate of drug-likeness (QED) is 0.500. The summed E-state index contributed by atoms with van der Waals surface area (Å²) in [6.45, 7) is 4.37. The van der Waals surface area contributed by atoms with Gasteiger partial charge in [-0.15, -0.1) is 0 Å². The molecule has 1 aliphatic heterocycles. The minimum absolute atomic E-state index is 0.194. The van der Waals surface area contributed by atoms with Crippen LogP contribution >= 0.6 is 15.9 Å². The second-order valence-corrected chi connectivity index (χ2v) is 6.97. The highest BCUT2D eigenvalue weighted by molar-refractivity contribution is 9.09. The highest BCUT2D eigenvalue weighted by Crippen LogP contribution is 2.09. The van der Waals surface area contributed by atoms with Gasteiger partial charge in [-0.1, -0.05) is 15.9 Å². The van der Waals surface area contributed by atoms with Gasteiger partial charge in [0.2, 0.25) is 10.0 Å². The van der Waals surface area contributed by atoms with Gasteiger partial charge in [-0.3, -0.25) is 4.90 Å². The van der Waals surface area contributed by atoms with E-state index in [-0.39, 0.29) is 5.75 Å². The number of hydrogen-bond acceptors (Lipinski definition) is 4. The number of ether oxygens (including phenoxy) is 1. The Hall–Kier alpha value is 0.310. The molecule has 1 heterocycles. The Bertz CT molecular complexity index is 303. The van der Waals surface area contributed by atoms with Crippen LogP contribution < -0.4 is 0 Å². The number of halogens is 1. The second-order valence-electron chi connectivity index (χ2n) is 4.09. The van der Waals surface area contributed by atoms with Gasteiger partial charge in [-0.05, 0) is 6.42 Å². The number of piperazine rings is 1. The fourth-order valence-electron chi connectivity index (χ4n) is 1.87. The van der Waals surface area contributed by atoms with Crippen LogP contribution in [0.5, 0.6) is 0 Å². The monoisotopic (exact) mass is 328 g/mol. The summed E-state index contributed by atoms with van der Waals surface area (Å²) in [6.07, 6.45) is 0.570. The number of nitrogens with zero attached hydrogens (tertiary/aromatic N) is 2. The van der Waals surface area contributed by atoms with Gasteiger partial charge >= 0.3 is 0 Å². The Balaban J connectivity index is 2.36. The third-order valence-electron chi connectivity index (χ3n) is 2.88. The average molecular weight is 329 g/mol. The van der Waals surface area contributed by atoms with E-state index in [4.69, 9.17) is 4.74 Å². The Labute approximate surface area is 112 Å². The van der Waals surface area contributed by atoms with E-state index in [2.05, 4.69) is 20.8 Å². The summed E-state index contributed by atoms with van der Waals surface area (Å²) >= 11 is 3.39. The molecule has 17 heavy (non-hydrogen) atoms. The van der Waals surface area contributed by atoms with Crippen molar-refractivity contribution in [2.45, 2.75) is 6.42 Å². The van der Waals surface area contributed by atoms with Crippen LogP contribution in [-0.2, 0) is 14.8 Å². The third-order valence-corrected chi connectivity index (χ3v) is 5.19. The van der Waals surface area contributed by atoms with Crippen molar-refractivity contribution in [2.24, 2.45) is 0 Å². The SMILES string of the molecule is COCCCS(=O)(=O)N1CCN(CCBr)CC1. The number of rotatable bonds is 7. The molecule has 0 aliphatic carbocycles. The topological polar surface area (TPSA) is 49.9 Å². The lowest BCUT2D eigenvalue weighted by atomic mass is 10.4. The van der Waals surface area contributed by atoms with E-state index in [1.54, 1.807) is 11.4 Å². The maximum absolute atomic E-state index is 12.0. The number of alkyl halides is 1. The molecule has 0 aromatic rings. The van der Waals surface area contributed by atoms with Crippen molar-refractivity contribution >= 4 is 26.0 Å². The molecule has 0 aromatic heterocycles. The molecular weight excluding hydrogens is 308 g/mol. The molecule has 0 radical (unpaired) electrons. The molecule has 7 heteroatoms. The Morgan fingerprint density at radius 2 is 1.88 bits per heavy atom. The molecule has 0 N–H and O–H groups in total. The molecule has 0 saturated carbocycles. The molecule has 1 fully saturated rings. The summed E-state index contributed by atoms with van der Waals surface area (Å²) in [6, 6.07) is 0. The van der Waals surface area contributed by atoms with Crippen LogP contribution in [0.1, 0.15) is 6.42 Å². The Kier molecular flexibility index (Phi) is 6.94. The van der Waals surface area contributed by atoms with Gasteiger partial charge < -0.3 is 4.74 Å². The van der Waals surface area contributed by atoms with Crippen molar-refractivity contribution in [1.29, 1.82) is 0 Å². The highest BCUT2D eigenvalue weighted by Gasteiger charge is 2.25. The lowest BCUT2D eigenvalue weighted by Crippen LogP contribution is -2.49. The number of hydrogen-bond donors (Lipinski definition) is 0. The molecule has 0 bridgehead atoms. The van der Waals surface area contributed by atoms with Gasteiger partial charge in [0.15, 0.2) is 0 Å². The molecule has 0 atom stereocenters. The zero-order valence-corrected chi connectivity index (χ0v) is 12.7. The molecule has 1 saturated heterocycles. The predicted octanol–water partition coefficient (Wildman–Crippen LogP) is 0.365. The van der Waals surface area contributed by atoms with E-state index in [1.807, 2.05) is 0 Å². The Morgan fingerprint density at radius 3 is 2.41 bits per heavy atom. The van der Waals surface area contributed by atoms with E-state index in [0.717, 1.165) is 25.0 Å².